The zero-order valence-corrected chi connectivity index (χ0v) is 11.4. The molecule has 17 heavy (non-hydrogen) atoms. The Kier molecular flexibility index (Phi) is 4.24. The molecule has 2 aliphatic carbocycles. The summed E-state index contributed by atoms with van der Waals surface area (Å²) in [7, 11) is 0. The fourth-order valence-electron chi connectivity index (χ4n) is 3.14. The monoisotopic (exact) mass is 237 g/mol. The molecule has 0 bridgehead atoms. The van der Waals surface area contributed by atoms with E-state index >= 15 is 0 Å². The van der Waals surface area contributed by atoms with Crippen molar-refractivity contribution in [1.82, 2.24) is 5.32 Å². The number of carbonyl (C=O) groups is 1. The molecule has 2 nitrogen and oxygen atoms in total. The quantitative estimate of drug-likeness (QED) is 0.796. The van der Waals surface area contributed by atoms with E-state index in [4.69, 9.17) is 0 Å². The number of carbonyl (C=O) groups excluding carboxylic acids is 1. The lowest BCUT2D eigenvalue weighted by Crippen LogP contribution is -2.40. The number of rotatable bonds is 5. The standard InChI is InChI=1S/C15H27NO/c1-15(2,13-4-3-5-13)11-16-10-12-6-8-14(17)9-7-12/h12-13,16H,3-11H2,1-2H3. The molecule has 0 aromatic carbocycles. The fourth-order valence-corrected chi connectivity index (χ4v) is 3.14. The summed E-state index contributed by atoms with van der Waals surface area (Å²) in [6.45, 7) is 7.05. The minimum absolute atomic E-state index is 0.461. The molecule has 1 N–H and O–H groups in total. The summed E-state index contributed by atoms with van der Waals surface area (Å²) in [5, 5.41) is 3.65. The first kappa shape index (κ1) is 13.1. The zero-order chi connectivity index (χ0) is 12.3. The summed E-state index contributed by atoms with van der Waals surface area (Å²) in [6.07, 6.45) is 8.13. The zero-order valence-electron chi connectivity index (χ0n) is 11.4. The van der Waals surface area contributed by atoms with Gasteiger partial charge < -0.3 is 5.32 Å². The van der Waals surface area contributed by atoms with E-state index in [2.05, 4.69) is 19.2 Å². The van der Waals surface area contributed by atoms with Crippen molar-refractivity contribution in [3.05, 3.63) is 0 Å². The maximum atomic E-state index is 11.2. The topological polar surface area (TPSA) is 29.1 Å². The highest BCUT2D eigenvalue weighted by Gasteiger charge is 2.33. The summed E-state index contributed by atoms with van der Waals surface area (Å²) in [5.74, 6) is 2.14. The van der Waals surface area contributed by atoms with Crippen LogP contribution in [0.25, 0.3) is 0 Å². The summed E-state index contributed by atoms with van der Waals surface area (Å²) in [4.78, 5) is 11.2. The number of Topliss-reactive ketones (excluding diaryl/α,β-unsaturated/α-hetero) is 1. The van der Waals surface area contributed by atoms with Gasteiger partial charge in [-0.3, -0.25) is 4.79 Å². The van der Waals surface area contributed by atoms with Crippen LogP contribution in [0.2, 0.25) is 0 Å². The van der Waals surface area contributed by atoms with Crippen molar-refractivity contribution in [2.24, 2.45) is 17.3 Å². The van der Waals surface area contributed by atoms with Crippen molar-refractivity contribution in [2.45, 2.75) is 58.8 Å². The first-order chi connectivity index (χ1) is 8.08. The van der Waals surface area contributed by atoms with Crippen LogP contribution in [-0.2, 0) is 4.79 Å². The molecule has 0 amide bonds. The molecule has 0 aromatic rings. The Balaban J connectivity index is 1.63. The van der Waals surface area contributed by atoms with Gasteiger partial charge in [0.05, 0.1) is 0 Å². The summed E-state index contributed by atoms with van der Waals surface area (Å²) in [5.41, 5.74) is 0.461. The molecule has 0 heterocycles. The Labute approximate surface area is 106 Å². The Bertz CT molecular complexity index is 258. The molecule has 0 radical (unpaired) electrons. The van der Waals surface area contributed by atoms with Gasteiger partial charge in [0.2, 0.25) is 0 Å². The van der Waals surface area contributed by atoms with E-state index in [1.165, 1.54) is 19.3 Å². The van der Waals surface area contributed by atoms with Crippen LogP contribution < -0.4 is 5.32 Å². The van der Waals surface area contributed by atoms with Gasteiger partial charge in [-0.1, -0.05) is 20.3 Å². The second-order valence-corrected chi connectivity index (χ2v) is 6.73. The largest absolute Gasteiger partial charge is 0.316 e. The Morgan fingerprint density at radius 1 is 1.18 bits per heavy atom. The smallest absolute Gasteiger partial charge is 0.132 e. The highest BCUT2D eigenvalue weighted by Crippen LogP contribution is 2.41. The van der Waals surface area contributed by atoms with E-state index in [0.717, 1.165) is 50.6 Å². The van der Waals surface area contributed by atoms with Gasteiger partial charge in [-0.05, 0) is 49.5 Å². The molecule has 2 aliphatic rings. The molecular weight excluding hydrogens is 210 g/mol. The predicted molar refractivity (Wildman–Crippen MR) is 71.0 cm³/mol. The van der Waals surface area contributed by atoms with Crippen LogP contribution in [0.5, 0.6) is 0 Å². The molecule has 0 saturated heterocycles. The van der Waals surface area contributed by atoms with Crippen LogP contribution in [0.1, 0.15) is 58.8 Å². The molecule has 0 aromatic heterocycles. The lowest BCUT2D eigenvalue weighted by molar-refractivity contribution is -0.120. The van der Waals surface area contributed by atoms with Gasteiger partial charge in [-0.15, -0.1) is 0 Å². The lowest BCUT2D eigenvalue weighted by atomic mass is 9.67. The van der Waals surface area contributed by atoms with Gasteiger partial charge in [-0.25, -0.2) is 0 Å². The first-order valence-electron chi connectivity index (χ1n) is 7.30. The Morgan fingerprint density at radius 3 is 2.35 bits per heavy atom. The number of hydrogen-bond acceptors (Lipinski definition) is 2. The summed E-state index contributed by atoms with van der Waals surface area (Å²) < 4.78 is 0. The molecular formula is C15H27NO. The highest BCUT2D eigenvalue weighted by atomic mass is 16.1. The minimum Gasteiger partial charge on any atom is -0.316 e. The van der Waals surface area contributed by atoms with Gasteiger partial charge in [0.15, 0.2) is 0 Å². The lowest BCUT2D eigenvalue weighted by Gasteiger charge is -2.41. The molecule has 0 spiro atoms. The Morgan fingerprint density at radius 2 is 1.82 bits per heavy atom. The van der Waals surface area contributed by atoms with Crippen LogP contribution in [0.15, 0.2) is 0 Å². The van der Waals surface area contributed by atoms with Crippen LogP contribution in [0.4, 0.5) is 0 Å². The predicted octanol–water partition coefficient (Wildman–Crippen LogP) is 3.16. The molecule has 98 valence electrons. The van der Waals surface area contributed by atoms with E-state index in [9.17, 15) is 4.79 Å². The van der Waals surface area contributed by atoms with Gasteiger partial charge in [0.25, 0.3) is 0 Å². The second-order valence-electron chi connectivity index (χ2n) is 6.73. The second kappa shape index (κ2) is 5.51. The fraction of sp³-hybridized carbons (Fsp3) is 0.933. The van der Waals surface area contributed by atoms with Crippen molar-refractivity contribution in [3.63, 3.8) is 0 Å². The van der Waals surface area contributed by atoms with E-state index in [1.807, 2.05) is 0 Å². The van der Waals surface area contributed by atoms with Crippen molar-refractivity contribution < 1.29 is 4.79 Å². The van der Waals surface area contributed by atoms with Crippen molar-refractivity contribution in [2.75, 3.05) is 13.1 Å². The van der Waals surface area contributed by atoms with Crippen molar-refractivity contribution in [1.29, 1.82) is 0 Å². The van der Waals surface area contributed by atoms with Crippen LogP contribution >= 0.6 is 0 Å². The van der Waals surface area contributed by atoms with Gasteiger partial charge in [-0.2, -0.15) is 0 Å². The normalized spacial score (nSPS) is 23.8. The highest BCUT2D eigenvalue weighted by molar-refractivity contribution is 5.79. The molecule has 2 heteroatoms. The maximum Gasteiger partial charge on any atom is 0.132 e. The first-order valence-corrected chi connectivity index (χ1v) is 7.30. The SMILES string of the molecule is CC(C)(CNCC1CCC(=O)CC1)C1CCC1. The average Bonchev–Trinajstić information content (AvgIpc) is 2.17. The number of nitrogens with one attached hydrogen (secondary N) is 1. The Hall–Kier alpha value is -0.370. The van der Waals surface area contributed by atoms with E-state index in [-0.39, 0.29) is 0 Å². The van der Waals surface area contributed by atoms with Crippen molar-refractivity contribution in [3.8, 4) is 0 Å². The summed E-state index contributed by atoms with van der Waals surface area (Å²) in [6, 6.07) is 0. The van der Waals surface area contributed by atoms with E-state index in [0.29, 0.717) is 11.2 Å². The number of hydrogen-bond donors (Lipinski definition) is 1. The van der Waals surface area contributed by atoms with E-state index < -0.39 is 0 Å². The molecule has 0 unspecified atom stereocenters. The van der Waals surface area contributed by atoms with E-state index in [1.54, 1.807) is 0 Å². The average molecular weight is 237 g/mol. The van der Waals surface area contributed by atoms with Crippen LogP contribution in [0.3, 0.4) is 0 Å². The molecule has 0 aliphatic heterocycles. The van der Waals surface area contributed by atoms with Crippen LogP contribution in [-0.4, -0.2) is 18.9 Å². The molecule has 2 fully saturated rings. The molecule has 2 rings (SSSR count). The number of ketones is 1. The molecule has 2 saturated carbocycles. The van der Waals surface area contributed by atoms with Crippen molar-refractivity contribution >= 4 is 5.78 Å². The third-order valence-electron chi connectivity index (χ3n) is 4.89. The van der Waals surface area contributed by atoms with Crippen LogP contribution in [0, 0.1) is 17.3 Å². The third-order valence-corrected chi connectivity index (χ3v) is 4.89. The van der Waals surface area contributed by atoms with Gasteiger partial charge in [0, 0.05) is 19.4 Å². The maximum absolute atomic E-state index is 11.2. The third kappa shape index (κ3) is 3.54. The van der Waals surface area contributed by atoms with Gasteiger partial charge in [0.1, 0.15) is 5.78 Å². The van der Waals surface area contributed by atoms with Gasteiger partial charge >= 0.3 is 0 Å². The molecule has 0 atom stereocenters. The summed E-state index contributed by atoms with van der Waals surface area (Å²) >= 11 is 0. The minimum atomic E-state index is 0.461.